The number of carbonyl (C=O) groups excluding carboxylic acids is 2. The lowest BCUT2D eigenvalue weighted by Gasteiger charge is -2.32. The number of anilines is 1. The predicted octanol–water partition coefficient (Wildman–Crippen LogP) is 3.78. The highest BCUT2D eigenvalue weighted by atomic mass is 19.1. The van der Waals surface area contributed by atoms with Crippen molar-refractivity contribution in [3.8, 4) is 0 Å². The highest BCUT2D eigenvalue weighted by Gasteiger charge is 2.42. The van der Waals surface area contributed by atoms with Crippen LogP contribution in [0.5, 0.6) is 0 Å². The van der Waals surface area contributed by atoms with Crippen molar-refractivity contribution >= 4 is 17.5 Å². The lowest BCUT2D eigenvalue weighted by Crippen LogP contribution is -2.40. The van der Waals surface area contributed by atoms with Crippen LogP contribution in [0.4, 0.5) is 10.1 Å². The maximum absolute atomic E-state index is 13.0. The van der Waals surface area contributed by atoms with Crippen molar-refractivity contribution in [3.05, 3.63) is 52.9 Å². The monoisotopic (exact) mass is 424 g/mol. The van der Waals surface area contributed by atoms with Gasteiger partial charge in [-0.15, -0.1) is 0 Å². The topological polar surface area (TPSA) is 75.2 Å². The molecule has 1 aliphatic heterocycles. The summed E-state index contributed by atoms with van der Waals surface area (Å²) < 4.78 is 13.0. The minimum atomic E-state index is -0.344. The van der Waals surface area contributed by atoms with Gasteiger partial charge in [0.15, 0.2) is 0 Å². The zero-order chi connectivity index (χ0) is 22.1. The van der Waals surface area contributed by atoms with Crippen LogP contribution in [0.25, 0.3) is 0 Å². The molecule has 7 heteroatoms. The minimum Gasteiger partial charge on any atom is -0.342 e. The summed E-state index contributed by atoms with van der Waals surface area (Å²) in [5.74, 6) is 1.34. The Morgan fingerprint density at radius 3 is 2.42 bits per heavy atom. The molecule has 1 saturated carbocycles. The van der Waals surface area contributed by atoms with Crippen LogP contribution in [0, 0.1) is 31.5 Å². The van der Waals surface area contributed by atoms with Gasteiger partial charge in [0.1, 0.15) is 11.6 Å². The molecule has 0 spiro atoms. The summed E-state index contributed by atoms with van der Waals surface area (Å²) in [6.07, 6.45) is 3.08. The van der Waals surface area contributed by atoms with Gasteiger partial charge >= 0.3 is 0 Å². The smallest absolute Gasteiger partial charge is 0.228 e. The Labute approximate surface area is 182 Å². The highest BCUT2D eigenvalue weighted by Crippen LogP contribution is 2.40. The summed E-state index contributed by atoms with van der Waals surface area (Å²) in [7, 11) is 0. The number of aryl methyl sites for hydroxylation is 2. The second kappa shape index (κ2) is 8.73. The SMILES string of the molecule is Cc1nc(C2CCCN(C(=O)C3CC3C)C2)nc(C)c1CC(=O)Nc1ccc(F)cc1. The van der Waals surface area contributed by atoms with E-state index in [2.05, 4.69) is 12.2 Å². The van der Waals surface area contributed by atoms with Crippen molar-refractivity contribution in [2.24, 2.45) is 11.8 Å². The maximum Gasteiger partial charge on any atom is 0.228 e. The van der Waals surface area contributed by atoms with Gasteiger partial charge in [-0.3, -0.25) is 9.59 Å². The molecule has 1 saturated heterocycles. The first-order chi connectivity index (χ1) is 14.8. The Kier molecular flexibility index (Phi) is 6.03. The summed E-state index contributed by atoms with van der Waals surface area (Å²) in [6, 6.07) is 5.69. The maximum atomic E-state index is 13.0. The van der Waals surface area contributed by atoms with Crippen LogP contribution in [0.1, 0.15) is 54.9 Å². The average Bonchev–Trinajstić information content (AvgIpc) is 3.48. The van der Waals surface area contributed by atoms with E-state index in [0.717, 1.165) is 48.6 Å². The first kappa shape index (κ1) is 21.4. The lowest BCUT2D eigenvalue weighted by molar-refractivity contribution is -0.134. The van der Waals surface area contributed by atoms with Crippen LogP contribution in [0.2, 0.25) is 0 Å². The third-order valence-corrected chi connectivity index (χ3v) is 6.43. The predicted molar refractivity (Wildman–Crippen MR) is 116 cm³/mol. The van der Waals surface area contributed by atoms with Crippen LogP contribution in [0.15, 0.2) is 24.3 Å². The van der Waals surface area contributed by atoms with Crippen LogP contribution in [-0.2, 0) is 16.0 Å². The zero-order valence-corrected chi connectivity index (χ0v) is 18.3. The molecular weight excluding hydrogens is 395 g/mol. The Balaban J connectivity index is 1.43. The summed E-state index contributed by atoms with van der Waals surface area (Å²) in [5.41, 5.74) is 2.93. The first-order valence-electron chi connectivity index (χ1n) is 11.0. The molecule has 2 aliphatic rings. The van der Waals surface area contributed by atoms with Crippen LogP contribution in [-0.4, -0.2) is 39.8 Å². The van der Waals surface area contributed by atoms with Gasteiger partial charge in [-0.1, -0.05) is 6.92 Å². The fourth-order valence-corrected chi connectivity index (χ4v) is 4.39. The molecule has 1 aliphatic carbocycles. The number of piperidine rings is 1. The third kappa shape index (κ3) is 4.92. The number of aromatic nitrogens is 2. The van der Waals surface area contributed by atoms with E-state index in [-0.39, 0.29) is 35.9 Å². The first-order valence-corrected chi connectivity index (χ1v) is 11.0. The van der Waals surface area contributed by atoms with Gasteiger partial charge in [-0.2, -0.15) is 0 Å². The number of halogens is 1. The summed E-state index contributed by atoms with van der Waals surface area (Å²) in [5, 5.41) is 2.78. The van der Waals surface area contributed by atoms with Gasteiger partial charge in [-0.05, 0) is 63.3 Å². The Bertz CT molecular complexity index is 969. The van der Waals surface area contributed by atoms with Crippen molar-refractivity contribution < 1.29 is 14.0 Å². The van der Waals surface area contributed by atoms with E-state index < -0.39 is 0 Å². The fourth-order valence-electron chi connectivity index (χ4n) is 4.39. The molecule has 6 nitrogen and oxygen atoms in total. The molecule has 0 bridgehead atoms. The second-order valence-corrected chi connectivity index (χ2v) is 8.91. The van der Waals surface area contributed by atoms with Crippen LogP contribution in [0.3, 0.4) is 0 Å². The normalized spacial score (nSPS) is 22.8. The number of hydrogen-bond donors (Lipinski definition) is 1. The summed E-state index contributed by atoms with van der Waals surface area (Å²) in [6.45, 7) is 7.42. The molecule has 1 aromatic carbocycles. The van der Waals surface area contributed by atoms with Gasteiger partial charge in [-0.25, -0.2) is 14.4 Å². The van der Waals surface area contributed by atoms with E-state index in [9.17, 15) is 14.0 Å². The van der Waals surface area contributed by atoms with Gasteiger partial charge in [0.05, 0.1) is 6.42 Å². The molecular formula is C24H29FN4O2. The standard InChI is InChI=1S/C24H29FN4O2/c1-14-11-20(14)24(31)29-10-4-5-17(13-29)23-26-15(2)21(16(3)27-23)12-22(30)28-19-8-6-18(25)7-9-19/h6-9,14,17,20H,4-5,10-13H2,1-3H3,(H,28,30). The van der Waals surface area contributed by atoms with E-state index in [1.165, 1.54) is 24.3 Å². The summed E-state index contributed by atoms with van der Waals surface area (Å²) >= 11 is 0. The molecule has 1 N–H and O–H groups in total. The zero-order valence-electron chi connectivity index (χ0n) is 18.3. The summed E-state index contributed by atoms with van der Waals surface area (Å²) in [4.78, 5) is 36.5. The molecule has 164 valence electrons. The molecule has 2 fully saturated rings. The van der Waals surface area contributed by atoms with Gasteiger partial charge in [0.25, 0.3) is 0 Å². The molecule has 2 amide bonds. The van der Waals surface area contributed by atoms with Crippen molar-refractivity contribution in [2.75, 3.05) is 18.4 Å². The number of amides is 2. The van der Waals surface area contributed by atoms with Crippen molar-refractivity contribution in [1.82, 2.24) is 14.9 Å². The quantitative estimate of drug-likeness (QED) is 0.793. The molecule has 4 rings (SSSR count). The van der Waals surface area contributed by atoms with E-state index >= 15 is 0 Å². The van der Waals surface area contributed by atoms with Gasteiger partial charge in [0.2, 0.25) is 11.8 Å². The number of benzene rings is 1. The minimum absolute atomic E-state index is 0.131. The van der Waals surface area contributed by atoms with E-state index in [0.29, 0.717) is 18.2 Å². The number of likely N-dealkylation sites (tertiary alicyclic amines) is 1. The number of hydrogen-bond acceptors (Lipinski definition) is 4. The molecule has 2 heterocycles. The Hall–Kier alpha value is -2.83. The Morgan fingerprint density at radius 2 is 1.81 bits per heavy atom. The average molecular weight is 425 g/mol. The van der Waals surface area contributed by atoms with E-state index in [4.69, 9.17) is 9.97 Å². The van der Waals surface area contributed by atoms with Crippen LogP contribution >= 0.6 is 0 Å². The highest BCUT2D eigenvalue weighted by molar-refractivity contribution is 5.92. The largest absolute Gasteiger partial charge is 0.342 e. The van der Waals surface area contributed by atoms with Crippen molar-refractivity contribution in [2.45, 2.75) is 52.4 Å². The van der Waals surface area contributed by atoms with Crippen molar-refractivity contribution in [1.29, 1.82) is 0 Å². The third-order valence-electron chi connectivity index (χ3n) is 6.43. The molecule has 2 aromatic rings. The van der Waals surface area contributed by atoms with E-state index in [1.54, 1.807) is 0 Å². The van der Waals surface area contributed by atoms with Crippen LogP contribution < -0.4 is 5.32 Å². The number of nitrogens with one attached hydrogen (secondary N) is 1. The van der Waals surface area contributed by atoms with E-state index in [1.807, 2.05) is 18.7 Å². The molecule has 0 radical (unpaired) electrons. The molecule has 3 atom stereocenters. The number of nitrogens with zero attached hydrogens (tertiary/aromatic N) is 3. The fraction of sp³-hybridized carbons (Fsp3) is 0.500. The van der Waals surface area contributed by atoms with Crippen molar-refractivity contribution in [3.63, 3.8) is 0 Å². The Morgan fingerprint density at radius 1 is 1.16 bits per heavy atom. The number of rotatable bonds is 5. The van der Waals surface area contributed by atoms with Gasteiger partial charge in [0, 0.05) is 47.6 Å². The molecule has 1 aromatic heterocycles. The second-order valence-electron chi connectivity index (χ2n) is 8.91. The lowest BCUT2D eigenvalue weighted by atomic mass is 9.96. The molecule has 31 heavy (non-hydrogen) atoms. The molecule has 3 unspecified atom stereocenters. The number of carbonyl (C=O) groups is 2. The van der Waals surface area contributed by atoms with Gasteiger partial charge < -0.3 is 10.2 Å².